The Morgan fingerprint density at radius 3 is 2.39 bits per heavy atom. The first kappa shape index (κ1) is 28.3. The van der Waals surface area contributed by atoms with E-state index in [-0.39, 0.29) is 5.91 Å². The number of fused-ring (bicyclic) bond motifs is 1. The smallest absolute Gasteiger partial charge is 0.255 e. The van der Waals surface area contributed by atoms with Crippen LogP contribution in [0.1, 0.15) is 48.6 Å². The van der Waals surface area contributed by atoms with E-state index in [9.17, 15) is 4.79 Å². The molecule has 0 aliphatic carbocycles. The van der Waals surface area contributed by atoms with E-state index >= 15 is 0 Å². The minimum Gasteiger partial charge on any atom is -0.493 e. The predicted molar refractivity (Wildman–Crippen MR) is 164 cm³/mol. The predicted octanol–water partition coefficient (Wildman–Crippen LogP) is 6.91. The minimum absolute atomic E-state index is 0.216. The van der Waals surface area contributed by atoms with E-state index in [2.05, 4.69) is 48.7 Å². The van der Waals surface area contributed by atoms with E-state index < -0.39 is 6.04 Å². The lowest BCUT2D eigenvalue weighted by molar-refractivity contribution is -0.113. The number of amides is 1. The van der Waals surface area contributed by atoms with Crippen molar-refractivity contribution in [3.63, 3.8) is 0 Å². The van der Waals surface area contributed by atoms with Crippen LogP contribution in [-0.4, -0.2) is 33.5 Å². The van der Waals surface area contributed by atoms with Crippen LogP contribution in [0.15, 0.2) is 83.2 Å². The number of ether oxygens (including phenoxy) is 2. The maximum atomic E-state index is 13.8. The van der Waals surface area contributed by atoms with Crippen LogP contribution in [0.2, 0.25) is 0 Å². The van der Waals surface area contributed by atoms with Gasteiger partial charge in [0.25, 0.3) is 5.91 Å². The van der Waals surface area contributed by atoms with E-state index in [0.29, 0.717) is 40.5 Å². The Hall–Kier alpha value is -4.24. The average molecular weight is 570 g/mol. The second-order valence-corrected chi connectivity index (χ2v) is 11.1. The Labute approximate surface area is 245 Å². The van der Waals surface area contributed by atoms with Crippen LogP contribution in [0.3, 0.4) is 0 Å². The lowest BCUT2D eigenvalue weighted by Gasteiger charge is -2.29. The van der Waals surface area contributed by atoms with Crippen molar-refractivity contribution in [3.05, 3.63) is 100 Å². The van der Waals surface area contributed by atoms with Gasteiger partial charge in [-0.25, -0.2) is 4.68 Å². The van der Waals surface area contributed by atoms with Crippen LogP contribution in [0, 0.1) is 13.8 Å². The highest BCUT2D eigenvalue weighted by atomic mass is 32.2. The number of rotatable bonds is 10. The molecule has 0 fully saturated rings. The molecule has 1 aliphatic heterocycles. The van der Waals surface area contributed by atoms with Gasteiger partial charge in [0.05, 0.1) is 12.7 Å². The van der Waals surface area contributed by atoms with Crippen molar-refractivity contribution >= 4 is 29.3 Å². The van der Waals surface area contributed by atoms with Gasteiger partial charge in [-0.1, -0.05) is 72.3 Å². The molecule has 1 atom stereocenters. The Bertz CT molecular complexity index is 1560. The number of nitrogens with zero attached hydrogens (tertiary/aromatic N) is 3. The number of anilines is 2. The summed E-state index contributed by atoms with van der Waals surface area (Å²) in [4.78, 5) is 18.5. The summed E-state index contributed by atoms with van der Waals surface area (Å²) in [7, 11) is 1.62. The van der Waals surface area contributed by atoms with Gasteiger partial charge in [-0.05, 0) is 62.6 Å². The molecule has 9 heteroatoms. The fourth-order valence-electron chi connectivity index (χ4n) is 4.64. The van der Waals surface area contributed by atoms with Gasteiger partial charge in [0.1, 0.15) is 12.6 Å². The maximum absolute atomic E-state index is 13.8. The van der Waals surface area contributed by atoms with Crippen molar-refractivity contribution in [2.45, 2.75) is 51.9 Å². The molecule has 0 spiro atoms. The molecule has 8 nitrogen and oxygen atoms in total. The van der Waals surface area contributed by atoms with Crippen LogP contribution < -0.4 is 20.1 Å². The number of benzene rings is 3. The van der Waals surface area contributed by atoms with E-state index in [4.69, 9.17) is 19.6 Å². The summed E-state index contributed by atoms with van der Waals surface area (Å²) < 4.78 is 13.7. The van der Waals surface area contributed by atoms with Gasteiger partial charge in [0.2, 0.25) is 11.1 Å². The lowest BCUT2D eigenvalue weighted by atomic mass is 9.94. The van der Waals surface area contributed by atoms with Crippen molar-refractivity contribution < 1.29 is 14.3 Å². The Morgan fingerprint density at radius 2 is 1.71 bits per heavy atom. The zero-order chi connectivity index (χ0) is 28.9. The van der Waals surface area contributed by atoms with Gasteiger partial charge in [0.15, 0.2) is 11.5 Å². The first-order chi connectivity index (χ1) is 19.9. The summed E-state index contributed by atoms with van der Waals surface area (Å²) in [5.41, 5.74) is 6.20. The van der Waals surface area contributed by atoms with Gasteiger partial charge >= 0.3 is 0 Å². The summed E-state index contributed by atoms with van der Waals surface area (Å²) >= 11 is 1.59. The van der Waals surface area contributed by atoms with Crippen LogP contribution in [0.4, 0.5) is 11.6 Å². The Morgan fingerprint density at radius 1 is 1.00 bits per heavy atom. The third-order valence-corrected chi connectivity index (χ3v) is 7.88. The molecule has 3 aromatic carbocycles. The number of hydrogen-bond acceptors (Lipinski definition) is 7. The highest BCUT2D eigenvalue weighted by Crippen LogP contribution is 2.40. The summed E-state index contributed by atoms with van der Waals surface area (Å²) in [6.07, 6.45) is 1.01. The quantitative estimate of drug-likeness (QED) is 0.201. The topological polar surface area (TPSA) is 90.3 Å². The zero-order valence-electron chi connectivity index (χ0n) is 24.0. The SMILES string of the molecule is CCCSc1nc2n(n1)C(c1ccc(OCc3ccc(C)cc3)c(OC)c1)C(C(=O)Nc1ccc(C)cc1)=C(C)N2. The van der Waals surface area contributed by atoms with Gasteiger partial charge in [-0.2, -0.15) is 4.98 Å². The van der Waals surface area contributed by atoms with Crippen molar-refractivity contribution in [2.24, 2.45) is 0 Å². The molecule has 5 rings (SSSR count). The van der Waals surface area contributed by atoms with Crippen molar-refractivity contribution in [1.82, 2.24) is 14.8 Å². The van der Waals surface area contributed by atoms with Crippen LogP contribution in [0.5, 0.6) is 11.5 Å². The number of thioether (sulfide) groups is 1. The first-order valence-electron chi connectivity index (χ1n) is 13.7. The summed E-state index contributed by atoms with van der Waals surface area (Å²) in [5, 5.41) is 11.8. The van der Waals surface area contributed by atoms with E-state index in [1.54, 1.807) is 23.6 Å². The number of carbonyl (C=O) groups excluding carboxylic acids is 1. The molecule has 1 unspecified atom stereocenters. The number of methoxy groups -OCH3 is 1. The molecule has 0 radical (unpaired) electrons. The fraction of sp³-hybridized carbons (Fsp3) is 0.281. The van der Waals surface area contributed by atoms with Crippen molar-refractivity contribution in [2.75, 3.05) is 23.5 Å². The largest absolute Gasteiger partial charge is 0.493 e. The van der Waals surface area contributed by atoms with Crippen LogP contribution >= 0.6 is 11.8 Å². The third-order valence-electron chi connectivity index (χ3n) is 6.84. The normalized spacial score (nSPS) is 14.3. The molecule has 212 valence electrons. The highest BCUT2D eigenvalue weighted by molar-refractivity contribution is 7.99. The monoisotopic (exact) mass is 569 g/mol. The summed E-state index contributed by atoms with van der Waals surface area (Å²) in [5.74, 6) is 2.48. The lowest BCUT2D eigenvalue weighted by Crippen LogP contribution is -2.31. The molecule has 1 aromatic heterocycles. The second-order valence-electron chi connectivity index (χ2n) is 10.1. The van der Waals surface area contributed by atoms with Gasteiger partial charge < -0.3 is 20.1 Å². The van der Waals surface area contributed by atoms with Crippen molar-refractivity contribution in [3.8, 4) is 11.5 Å². The van der Waals surface area contributed by atoms with Crippen LogP contribution in [0.25, 0.3) is 0 Å². The molecule has 1 amide bonds. The van der Waals surface area contributed by atoms with Gasteiger partial charge in [0, 0.05) is 17.1 Å². The van der Waals surface area contributed by atoms with Crippen LogP contribution in [-0.2, 0) is 11.4 Å². The second kappa shape index (κ2) is 12.5. The summed E-state index contributed by atoms with van der Waals surface area (Å²) in [6.45, 7) is 8.51. The molecule has 2 heterocycles. The number of carbonyl (C=O) groups is 1. The standard InChI is InChI=1S/C32H35N5O3S/c1-6-17-41-32-35-31-33-22(4)28(30(38)34-25-14-9-21(3)10-15-25)29(37(31)36-32)24-13-16-26(27(18-24)39-5)40-19-23-11-7-20(2)8-12-23/h7-16,18,29H,6,17,19H2,1-5H3,(H,34,38)(H,33,35,36). The molecule has 1 aliphatic rings. The molecular weight excluding hydrogens is 534 g/mol. The number of aryl methyl sites for hydroxylation is 2. The highest BCUT2D eigenvalue weighted by Gasteiger charge is 2.35. The molecule has 4 aromatic rings. The minimum atomic E-state index is -0.528. The zero-order valence-corrected chi connectivity index (χ0v) is 24.8. The molecule has 2 N–H and O–H groups in total. The fourth-order valence-corrected chi connectivity index (χ4v) is 5.33. The summed E-state index contributed by atoms with van der Waals surface area (Å²) in [6, 6.07) is 21.2. The van der Waals surface area contributed by atoms with Gasteiger partial charge in [-0.15, -0.1) is 5.10 Å². The first-order valence-corrected chi connectivity index (χ1v) is 14.7. The Balaban J connectivity index is 1.50. The average Bonchev–Trinajstić information content (AvgIpc) is 3.38. The Kier molecular flexibility index (Phi) is 8.64. The molecular formula is C32H35N5O3S. The van der Waals surface area contributed by atoms with Crippen molar-refractivity contribution in [1.29, 1.82) is 0 Å². The molecule has 0 saturated carbocycles. The number of aromatic nitrogens is 3. The molecule has 0 bridgehead atoms. The number of nitrogens with one attached hydrogen (secondary N) is 2. The van der Waals surface area contributed by atoms with E-state index in [1.165, 1.54) is 5.56 Å². The number of allylic oxidation sites excluding steroid dienone is 1. The van der Waals surface area contributed by atoms with E-state index in [1.807, 2.05) is 56.3 Å². The van der Waals surface area contributed by atoms with E-state index in [0.717, 1.165) is 34.6 Å². The van der Waals surface area contributed by atoms with Gasteiger partial charge in [-0.3, -0.25) is 4.79 Å². The maximum Gasteiger partial charge on any atom is 0.255 e. The number of hydrogen-bond donors (Lipinski definition) is 2. The third kappa shape index (κ3) is 6.41. The molecule has 0 saturated heterocycles. The molecule has 41 heavy (non-hydrogen) atoms.